The lowest BCUT2D eigenvalue weighted by atomic mass is 9.97. The van der Waals surface area contributed by atoms with Crippen molar-refractivity contribution in [2.75, 3.05) is 13.1 Å². The molecule has 0 spiro atoms. The van der Waals surface area contributed by atoms with Crippen LogP contribution >= 0.6 is 0 Å². The summed E-state index contributed by atoms with van der Waals surface area (Å²) in [7, 11) is 4.23. The molecular formula is C19H25N5. The lowest BCUT2D eigenvalue weighted by Gasteiger charge is -2.32. The van der Waals surface area contributed by atoms with Crippen molar-refractivity contribution in [3.8, 4) is 0 Å². The van der Waals surface area contributed by atoms with Crippen molar-refractivity contribution in [3.05, 3.63) is 47.8 Å². The Hall–Kier alpha value is -2.14. The maximum Gasteiger partial charge on any atom is 0.123 e. The van der Waals surface area contributed by atoms with Gasteiger partial charge in [0.15, 0.2) is 0 Å². The van der Waals surface area contributed by atoms with Crippen molar-refractivity contribution in [1.82, 2.24) is 24.0 Å². The van der Waals surface area contributed by atoms with Crippen LogP contribution in [0.3, 0.4) is 0 Å². The smallest absolute Gasteiger partial charge is 0.123 e. The molecule has 3 aromatic rings. The van der Waals surface area contributed by atoms with Gasteiger partial charge in [0.05, 0.1) is 23.3 Å². The number of rotatable bonds is 3. The lowest BCUT2D eigenvalue weighted by molar-refractivity contribution is 0.190. The van der Waals surface area contributed by atoms with Crippen molar-refractivity contribution in [2.24, 2.45) is 14.1 Å². The van der Waals surface area contributed by atoms with Gasteiger partial charge in [-0.15, -0.1) is 0 Å². The summed E-state index contributed by atoms with van der Waals surface area (Å²) in [5.41, 5.74) is 3.41. The molecule has 1 unspecified atom stereocenters. The Labute approximate surface area is 142 Å². The molecule has 1 aliphatic rings. The van der Waals surface area contributed by atoms with Gasteiger partial charge in [0.2, 0.25) is 0 Å². The Morgan fingerprint density at radius 1 is 1.17 bits per heavy atom. The van der Waals surface area contributed by atoms with E-state index in [1.807, 2.05) is 0 Å². The number of benzene rings is 1. The van der Waals surface area contributed by atoms with Crippen LogP contribution in [-0.4, -0.2) is 37.1 Å². The second-order valence-corrected chi connectivity index (χ2v) is 7.00. The summed E-state index contributed by atoms with van der Waals surface area (Å²) in [6.45, 7) is 5.19. The molecule has 0 amide bonds. The van der Waals surface area contributed by atoms with Crippen LogP contribution in [0.25, 0.3) is 11.0 Å². The van der Waals surface area contributed by atoms with Crippen molar-refractivity contribution in [3.63, 3.8) is 0 Å². The van der Waals surface area contributed by atoms with Crippen LogP contribution in [0.1, 0.15) is 36.1 Å². The minimum absolute atomic E-state index is 0.520. The number of aromatic nitrogens is 4. The van der Waals surface area contributed by atoms with E-state index in [-0.39, 0.29) is 0 Å². The van der Waals surface area contributed by atoms with Crippen molar-refractivity contribution in [2.45, 2.75) is 32.2 Å². The van der Waals surface area contributed by atoms with E-state index >= 15 is 0 Å². The van der Waals surface area contributed by atoms with Gasteiger partial charge in [-0.1, -0.05) is 12.1 Å². The quantitative estimate of drug-likeness (QED) is 0.744. The summed E-state index contributed by atoms with van der Waals surface area (Å²) in [5.74, 6) is 2.89. The number of piperidine rings is 1. The summed E-state index contributed by atoms with van der Waals surface area (Å²) < 4.78 is 4.42. The summed E-state index contributed by atoms with van der Waals surface area (Å²) >= 11 is 0. The van der Waals surface area contributed by atoms with Crippen LogP contribution in [-0.2, 0) is 20.6 Å². The first kappa shape index (κ1) is 15.4. The summed E-state index contributed by atoms with van der Waals surface area (Å²) in [6.07, 6.45) is 4.57. The van der Waals surface area contributed by atoms with E-state index in [9.17, 15) is 0 Å². The third kappa shape index (κ3) is 2.73. The average Bonchev–Trinajstić information content (AvgIpc) is 3.08. The number of para-hydroxylation sites is 2. The Balaban J connectivity index is 1.54. The van der Waals surface area contributed by atoms with Crippen LogP contribution in [0.15, 0.2) is 30.5 Å². The molecule has 0 N–H and O–H groups in total. The predicted octanol–water partition coefficient (Wildman–Crippen LogP) is 2.99. The van der Waals surface area contributed by atoms with Crippen LogP contribution in [0.5, 0.6) is 0 Å². The van der Waals surface area contributed by atoms with Crippen molar-refractivity contribution >= 4 is 11.0 Å². The van der Waals surface area contributed by atoms with E-state index in [4.69, 9.17) is 9.97 Å². The van der Waals surface area contributed by atoms with Gasteiger partial charge in [-0.25, -0.2) is 9.97 Å². The highest BCUT2D eigenvalue weighted by Gasteiger charge is 2.25. The summed E-state index contributed by atoms with van der Waals surface area (Å²) in [5, 5.41) is 0. The first-order valence-electron chi connectivity index (χ1n) is 8.74. The van der Waals surface area contributed by atoms with Gasteiger partial charge in [-0.05, 0) is 38.4 Å². The number of hydrogen-bond acceptors (Lipinski definition) is 3. The molecule has 24 heavy (non-hydrogen) atoms. The maximum atomic E-state index is 4.83. The molecule has 126 valence electrons. The molecule has 1 aromatic carbocycles. The summed E-state index contributed by atoms with van der Waals surface area (Å²) in [6, 6.07) is 8.36. The monoisotopic (exact) mass is 323 g/mol. The zero-order valence-electron chi connectivity index (χ0n) is 14.7. The number of imidazole rings is 2. The van der Waals surface area contributed by atoms with E-state index in [2.05, 4.69) is 65.5 Å². The Morgan fingerprint density at radius 2 is 2.00 bits per heavy atom. The van der Waals surface area contributed by atoms with Gasteiger partial charge < -0.3 is 9.13 Å². The molecule has 1 atom stereocenters. The molecule has 0 saturated carbocycles. The van der Waals surface area contributed by atoms with Crippen LogP contribution in [0, 0.1) is 6.92 Å². The maximum absolute atomic E-state index is 4.83. The van der Waals surface area contributed by atoms with E-state index in [1.54, 1.807) is 0 Å². The van der Waals surface area contributed by atoms with Crippen LogP contribution in [0.4, 0.5) is 0 Å². The molecule has 0 bridgehead atoms. The van der Waals surface area contributed by atoms with Gasteiger partial charge in [0.25, 0.3) is 0 Å². The highest BCUT2D eigenvalue weighted by molar-refractivity contribution is 5.75. The van der Waals surface area contributed by atoms with Crippen molar-refractivity contribution < 1.29 is 0 Å². The molecule has 0 aliphatic carbocycles. The second kappa shape index (κ2) is 6.06. The van der Waals surface area contributed by atoms with E-state index in [1.165, 1.54) is 24.2 Å². The minimum atomic E-state index is 0.520. The molecule has 1 saturated heterocycles. The molecule has 3 heterocycles. The normalized spacial score (nSPS) is 19.2. The molecular weight excluding hydrogens is 298 g/mol. The van der Waals surface area contributed by atoms with Gasteiger partial charge >= 0.3 is 0 Å². The number of aryl methyl sites for hydroxylation is 3. The topological polar surface area (TPSA) is 38.9 Å². The Bertz CT molecular complexity index is 860. The number of hydrogen-bond donors (Lipinski definition) is 0. The van der Waals surface area contributed by atoms with E-state index < -0.39 is 0 Å². The fourth-order valence-corrected chi connectivity index (χ4v) is 3.96. The summed E-state index contributed by atoms with van der Waals surface area (Å²) in [4.78, 5) is 12.1. The fourth-order valence-electron chi connectivity index (χ4n) is 3.96. The van der Waals surface area contributed by atoms with E-state index in [0.29, 0.717) is 5.92 Å². The standard InChI is InChI=1S/C19H25N5/c1-14-11-22(2)19(20-14)15-7-6-10-24(12-15)13-18-21-16-8-4-5-9-17(16)23(18)3/h4-5,8-9,11,15H,6-7,10,12-13H2,1-3H3. The SMILES string of the molecule is Cc1cn(C)c(C2CCCN(Cc3nc4ccccc4n3C)C2)n1. The average molecular weight is 323 g/mol. The first-order valence-corrected chi connectivity index (χ1v) is 8.74. The zero-order valence-corrected chi connectivity index (χ0v) is 14.7. The molecule has 5 heteroatoms. The fraction of sp³-hybridized carbons (Fsp3) is 0.474. The second-order valence-electron chi connectivity index (χ2n) is 7.00. The lowest BCUT2D eigenvalue weighted by Crippen LogP contribution is -2.35. The van der Waals surface area contributed by atoms with Gasteiger partial charge in [0.1, 0.15) is 11.6 Å². The number of likely N-dealkylation sites (tertiary alicyclic amines) is 1. The molecule has 0 radical (unpaired) electrons. The van der Waals surface area contributed by atoms with Crippen molar-refractivity contribution in [1.29, 1.82) is 0 Å². The Morgan fingerprint density at radius 3 is 2.75 bits per heavy atom. The molecule has 1 aliphatic heterocycles. The molecule has 4 rings (SSSR count). The largest absolute Gasteiger partial charge is 0.337 e. The van der Waals surface area contributed by atoms with Gasteiger partial charge in [-0.3, -0.25) is 4.90 Å². The molecule has 2 aromatic heterocycles. The predicted molar refractivity (Wildman–Crippen MR) is 95.9 cm³/mol. The van der Waals surface area contributed by atoms with Crippen LogP contribution < -0.4 is 0 Å². The minimum Gasteiger partial charge on any atom is -0.337 e. The van der Waals surface area contributed by atoms with E-state index in [0.717, 1.165) is 36.7 Å². The highest BCUT2D eigenvalue weighted by atomic mass is 15.2. The highest BCUT2D eigenvalue weighted by Crippen LogP contribution is 2.27. The third-order valence-electron chi connectivity index (χ3n) is 5.15. The molecule has 5 nitrogen and oxygen atoms in total. The van der Waals surface area contributed by atoms with Gasteiger partial charge in [0, 0.05) is 32.8 Å². The van der Waals surface area contributed by atoms with Crippen LogP contribution in [0.2, 0.25) is 0 Å². The first-order chi connectivity index (χ1) is 11.6. The molecule has 1 fully saturated rings. The number of fused-ring (bicyclic) bond motifs is 1. The number of nitrogens with zero attached hydrogens (tertiary/aromatic N) is 5. The Kier molecular flexibility index (Phi) is 3.88. The zero-order chi connectivity index (χ0) is 16.7. The third-order valence-corrected chi connectivity index (χ3v) is 5.15. The van der Waals surface area contributed by atoms with Gasteiger partial charge in [-0.2, -0.15) is 0 Å².